The number of carbonyl (C=O) groups is 2. The summed E-state index contributed by atoms with van der Waals surface area (Å²) >= 11 is 0. The van der Waals surface area contributed by atoms with Gasteiger partial charge in [0.2, 0.25) is 5.91 Å². The molecule has 0 aliphatic carbocycles. The molecule has 1 aromatic carbocycles. The predicted molar refractivity (Wildman–Crippen MR) is 114 cm³/mol. The Balaban J connectivity index is 1.60. The fraction of sp³-hybridized carbons (Fsp3) is 0.652. The van der Waals surface area contributed by atoms with Gasteiger partial charge in [-0.1, -0.05) is 64.0 Å². The number of carbonyl (C=O) groups excluding carboxylic acids is 1. The lowest BCUT2D eigenvalue weighted by Crippen LogP contribution is -2.27. The Bertz CT molecular complexity index is 600. The molecule has 1 aliphatic heterocycles. The van der Waals surface area contributed by atoms with Gasteiger partial charge in [0.1, 0.15) is 0 Å². The van der Waals surface area contributed by atoms with Crippen molar-refractivity contribution < 1.29 is 14.7 Å². The van der Waals surface area contributed by atoms with E-state index in [2.05, 4.69) is 24.4 Å². The van der Waals surface area contributed by atoms with E-state index in [0.29, 0.717) is 19.5 Å². The summed E-state index contributed by atoms with van der Waals surface area (Å²) in [6.45, 7) is 3.24. The standard InChI is InChI=1S/C23H36N2O3/c1-2-3-4-5-6-7-8-9-10-19-11-13-21(14-12-19)24-22(26)17-20-15-16-25(18-20)23(27)28/h11-14,20H,2-10,15-18H2,1H3,(H,24,26)(H,27,28). The molecule has 1 unspecified atom stereocenters. The first-order valence-corrected chi connectivity index (χ1v) is 10.9. The van der Waals surface area contributed by atoms with Crippen molar-refractivity contribution in [2.45, 2.75) is 77.6 Å². The molecule has 1 fully saturated rings. The summed E-state index contributed by atoms with van der Waals surface area (Å²) in [4.78, 5) is 24.5. The van der Waals surface area contributed by atoms with E-state index in [-0.39, 0.29) is 11.8 Å². The molecule has 156 valence electrons. The number of hydrogen-bond donors (Lipinski definition) is 2. The zero-order chi connectivity index (χ0) is 20.2. The monoisotopic (exact) mass is 388 g/mol. The highest BCUT2D eigenvalue weighted by Crippen LogP contribution is 2.21. The molecule has 1 atom stereocenters. The fourth-order valence-corrected chi connectivity index (χ4v) is 3.86. The van der Waals surface area contributed by atoms with Crippen LogP contribution in [-0.4, -0.2) is 35.1 Å². The summed E-state index contributed by atoms with van der Waals surface area (Å²) in [5, 5.41) is 11.9. The summed E-state index contributed by atoms with van der Waals surface area (Å²) in [5.74, 6) is 0.0883. The number of unbranched alkanes of at least 4 members (excludes halogenated alkanes) is 7. The van der Waals surface area contributed by atoms with Crippen molar-refractivity contribution in [3.8, 4) is 0 Å². The van der Waals surface area contributed by atoms with Gasteiger partial charge in [0.15, 0.2) is 0 Å². The highest BCUT2D eigenvalue weighted by atomic mass is 16.4. The largest absolute Gasteiger partial charge is 0.465 e. The second-order valence-electron chi connectivity index (χ2n) is 8.06. The van der Waals surface area contributed by atoms with Gasteiger partial charge < -0.3 is 15.3 Å². The Hall–Kier alpha value is -2.04. The Morgan fingerprint density at radius 3 is 2.29 bits per heavy atom. The van der Waals surface area contributed by atoms with E-state index < -0.39 is 6.09 Å². The van der Waals surface area contributed by atoms with Crippen LogP contribution in [0.1, 0.15) is 76.7 Å². The van der Waals surface area contributed by atoms with Gasteiger partial charge in [-0.15, -0.1) is 0 Å². The average molecular weight is 389 g/mol. The molecule has 2 N–H and O–H groups in total. The SMILES string of the molecule is CCCCCCCCCCc1ccc(NC(=O)CC2CCN(C(=O)O)C2)cc1. The fourth-order valence-electron chi connectivity index (χ4n) is 3.86. The van der Waals surface area contributed by atoms with Crippen LogP contribution in [0.15, 0.2) is 24.3 Å². The number of anilines is 1. The smallest absolute Gasteiger partial charge is 0.407 e. The molecule has 1 saturated heterocycles. The third-order valence-electron chi connectivity index (χ3n) is 5.59. The van der Waals surface area contributed by atoms with Crippen molar-refractivity contribution in [2.24, 2.45) is 5.92 Å². The van der Waals surface area contributed by atoms with Crippen LogP contribution in [0.25, 0.3) is 0 Å². The number of aryl methyl sites for hydroxylation is 1. The molecule has 28 heavy (non-hydrogen) atoms. The average Bonchev–Trinajstić information content (AvgIpc) is 3.14. The van der Waals surface area contributed by atoms with Gasteiger partial charge >= 0.3 is 6.09 Å². The minimum atomic E-state index is -0.894. The first-order valence-electron chi connectivity index (χ1n) is 10.9. The number of nitrogens with one attached hydrogen (secondary N) is 1. The zero-order valence-corrected chi connectivity index (χ0v) is 17.3. The third-order valence-corrected chi connectivity index (χ3v) is 5.59. The maximum atomic E-state index is 12.2. The molecule has 0 bridgehead atoms. The van der Waals surface area contributed by atoms with Gasteiger partial charge in [-0.2, -0.15) is 0 Å². The minimum Gasteiger partial charge on any atom is -0.465 e. The van der Waals surface area contributed by atoms with Crippen molar-refractivity contribution in [1.29, 1.82) is 0 Å². The van der Waals surface area contributed by atoms with E-state index in [4.69, 9.17) is 5.11 Å². The topological polar surface area (TPSA) is 69.6 Å². The van der Waals surface area contributed by atoms with Gasteiger partial charge in [-0.05, 0) is 42.9 Å². The zero-order valence-electron chi connectivity index (χ0n) is 17.3. The van der Waals surface area contributed by atoms with E-state index >= 15 is 0 Å². The third kappa shape index (κ3) is 8.32. The molecule has 5 heteroatoms. The second-order valence-corrected chi connectivity index (χ2v) is 8.06. The maximum absolute atomic E-state index is 12.2. The first-order chi connectivity index (χ1) is 13.6. The van der Waals surface area contributed by atoms with E-state index in [9.17, 15) is 9.59 Å². The maximum Gasteiger partial charge on any atom is 0.407 e. The highest BCUT2D eigenvalue weighted by Gasteiger charge is 2.27. The van der Waals surface area contributed by atoms with E-state index in [0.717, 1.165) is 18.5 Å². The Morgan fingerprint density at radius 2 is 1.68 bits per heavy atom. The van der Waals surface area contributed by atoms with E-state index in [1.165, 1.54) is 61.8 Å². The van der Waals surface area contributed by atoms with Crippen LogP contribution in [0.4, 0.5) is 10.5 Å². The Morgan fingerprint density at radius 1 is 1.04 bits per heavy atom. The number of rotatable bonds is 12. The molecule has 1 aliphatic rings. The number of likely N-dealkylation sites (tertiary alicyclic amines) is 1. The molecule has 5 nitrogen and oxygen atoms in total. The van der Waals surface area contributed by atoms with Crippen LogP contribution < -0.4 is 5.32 Å². The summed E-state index contributed by atoms with van der Waals surface area (Å²) in [7, 11) is 0. The van der Waals surface area contributed by atoms with Crippen LogP contribution >= 0.6 is 0 Å². The number of hydrogen-bond acceptors (Lipinski definition) is 2. The normalized spacial score (nSPS) is 16.3. The summed E-state index contributed by atoms with van der Waals surface area (Å²) in [6.07, 6.45) is 12.0. The van der Waals surface area contributed by atoms with Gasteiger partial charge in [-0.3, -0.25) is 4.79 Å². The predicted octanol–water partition coefficient (Wildman–Crippen LogP) is 5.70. The minimum absolute atomic E-state index is 0.0342. The molecular weight excluding hydrogens is 352 g/mol. The molecule has 0 spiro atoms. The highest BCUT2D eigenvalue weighted by molar-refractivity contribution is 5.90. The van der Waals surface area contributed by atoms with Crippen LogP contribution in [0, 0.1) is 5.92 Å². The lowest BCUT2D eigenvalue weighted by molar-refractivity contribution is -0.117. The Labute approximate surface area is 169 Å². The Kier molecular flexibility index (Phi) is 9.87. The van der Waals surface area contributed by atoms with Crippen LogP contribution in [0.3, 0.4) is 0 Å². The number of amides is 2. The first kappa shape index (κ1) is 22.3. The van der Waals surface area contributed by atoms with Crippen LogP contribution in [-0.2, 0) is 11.2 Å². The van der Waals surface area contributed by atoms with E-state index in [1.54, 1.807) is 0 Å². The van der Waals surface area contributed by atoms with Crippen molar-refractivity contribution in [1.82, 2.24) is 4.90 Å². The second kappa shape index (κ2) is 12.4. The quantitative estimate of drug-likeness (QED) is 0.451. The molecule has 1 aromatic rings. The number of benzene rings is 1. The number of carboxylic acid groups (broad SMARTS) is 1. The summed E-state index contributed by atoms with van der Waals surface area (Å²) < 4.78 is 0. The van der Waals surface area contributed by atoms with Gasteiger partial charge in [-0.25, -0.2) is 4.79 Å². The van der Waals surface area contributed by atoms with Crippen molar-refractivity contribution >= 4 is 17.7 Å². The molecular formula is C23H36N2O3. The van der Waals surface area contributed by atoms with Crippen molar-refractivity contribution in [3.05, 3.63) is 29.8 Å². The molecule has 2 rings (SSSR count). The van der Waals surface area contributed by atoms with Crippen molar-refractivity contribution in [2.75, 3.05) is 18.4 Å². The van der Waals surface area contributed by atoms with Gasteiger partial charge in [0, 0.05) is 25.2 Å². The molecule has 0 aromatic heterocycles. The lowest BCUT2D eigenvalue weighted by atomic mass is 10.0. The molecule has 1 heterocycles. The summed E-state index contributed by atoms with van der Waals surface area (Å²) in [6, 6.07) is 8.13. The molecule has 0 radical (unpaired) electrons. The van der Waals surface area contributed by atoms with E-state index in [1.807, 2.05) is 12.1 Å². The number of nitrogens with zero attached hydrogens (tertiary/aromatic N) is 1. The molecule has 0 saturated carbocycles. The lowest BCUT2D eigenvalue weighted by Gasteiger charge is -2.12. The van der Waals surface area contributed by atoms with Crippen LogP contribution in [0.5, 0.6) is 0 Å². The molecule has 2 amide bonds. The van der Waals surface area contributed by atoms with Gasteiger partial charge in [0.25, 0.3) is 0 Å². The van der Waals surface area contributed by atoms with Gasteiger partial charge in [0.05, 0.1) is 0 Å². The summed E-state index contributed by atoms with van der Waals surface area (Å²) in [5.41, 5.74) is 2.13. The van der Waals surface area contributed by atoms with Crippen molar-refractivity contribution in [3.63, 3.8) is 0 Å². The van der Waals surface area contributed by atoms with Crippen LogP contribution in [0.2, 0.25) is 0 Å².